The molecule has 0 aliphatic rings. The van der Waals surface area contributed by atoms with Crippen LogP contribution >= 0.6 is 38.5 Å². The van der Waals surface area contributed by atoms with Crippen LogP contribution in [0.3, 0.4) is 0 Å². The second kappa shape index (κ2) is 10.1. The van der Waals surface area contributed by atoms with Crippen molar-refractivity contribution in [3.8, 4) is 5.75 Å². The molecule has 1 aromatic heterocycles. The maximum absolute atomic E-state index is 13.8. The molecular weight excluding hydrogens is 600 g/mol. The highest BCUT2D eigenvalue weighted by atomic mass is 127. The third-order valence-corrected chi connectivity index (χ3v) is 6.31. The van der Waals surface area contributed by atoms with Crippen molar-refractivity contribution in [2.75, 3.05) is 0 Å². The Kier molecular flexibility index (Phi) is 7.23. The molecule has 3 aromatic carbocycles. The Morgan fingerprint density at radius 2 is 1.97 bits per heavy atom. The van der Waals surface area contributed by atoms with Gasteiger partial charge in [-0.3, -0.25) is 4.79 Å². The first kappa shape index (κ1) is 23.6. The van der Waals surface area contributed by atoms with Crippen molar-refractivity contribution in [2.45, 2.75) is 26.4 Å². The number of fused-ring (bicyclic) bond motifs is 1. The molecule has 0 unspecified atom stereocenters. The molecule has 0 radical (unpaired) electrons. The highest BCUT2D eigenvalue weighted by molar-refractivity contribution is 14.1. The summed E-state index contributed by atoms with van der Waals surface area (Å²) in [6, 6.07) is 17.5. The summed E-state index contributed by atoms with van der Waals surface area (Å²) in [6.07, 6.45) is 1.63. The van der Waals surface area contributed by atoms with Gasteiger partial charge in [-0.05, 0) is 70.6 Å². The fourth-order valence-corrected chi connectivity index (χ4v) is 4.32. The minimum atomic E-state index is -0.293. The molecule has 4 aromatic rings. The first-order chi connectivity index (χ1) is 15.8. The first-order valence-electron chi connectivity index (χ1n) is 10.3. The van der Waals surface area contributed by atoms with Gasteiger partial charge in [-0.15, -0.1) is 0 Å². The lowest BCUT2D eigenvalue weighted by Gasteiger charge is -2.12. The van der Waals surface area contributed by atoms with E-state index >= 15 is 0 Å². The number of nitrogens with zero attached hydrogens (tertiary/aromatic N) is 3. The molecule has 0 aliphatic heterocycles. The van der Waals surface area contributed by atoms with Gasteiger partial charge in [0, 0.05) is 16.0 Å². The molecule has 33 heavy (non-hydrogen) atoms. The molecule has 0 atom stereocenters. The van der Waals surface area contributed by atoms with Gasteiger partial charge in [0.05, 0.1) is 20.7 Å². The fraction of sp³-hybridized carbons (Fsp3) is 0.160. The highest BCUT2D eigenvalue weighted by Gasteiger charge is 2.14. The van der Waals surface area contributed by atoms with Crippen molar-refractivity contribution < 1.29 is 9.13 Å². The molecule has 5 nitrogen and oxygen atoms in total. The second-order valence-electron chi connectivity index (χ2n) is 7.72. The largest absolute Gasteiger partial charge is 0.488 e. The van der Waals surface area contributed by atoms with Crippen molar-refractivity contribution in [1.29, 1.82) is 0 Å². The lowest BCUT2D eigenvalue weighted by Crippen LogP contribution is -2.23. The van der Waals surface area contributed by atoms with E-state index in [9.17, 15) is 9.18 Å². The van der Waals surface area contributed by atoms with Gasteiger partial charge in [0.15, 0.2) is 0 Å². The number of hydrogen-bond acceptors (Lipinski definition) is 4. The zero-order valence-electron chi connectivity index (χ0n) is 17.9. The van der Waals surface area contributed by atoms with Gasteiger partial charge in [0.25, 0.3) is 5.56 Å². The standard InChI is InChI=1S/C25H20BrFIN3O2/c1-15(2)24-30-22-9-8-18(26)12-19(22)25(32)31(24)29-13-16-7-10-23(21(28)11-16)33-14-17-5-3-4-6-20(17)27/h3-13,15H,14H2,1-2H3. The van der Waals surface area contributed by atoms with Crippen molar-refractivity contribution in [2.24, 2.45) is 5.10 Å². The first-order valence-corrected chi connectivity index (χ1v) is 12.1. The molecule has 0 N–H and O–H groups in total. The van der Waals surface area contributed by atoms with Crippen LogP contribution in [-0.4, -0.2) is 15.9 Å². The topological polar surface area (TPSA) is 56.5 Å². The van der Waals surface area contributed by atoms with Gasteiger partial charge in [-0.25, -0.2) is 9.37 Å². The molecule has 8 heteroatoms. The maximum Gasteiger partial charge on any atom is 0.282 e. The van der Waals surface area contributed by atoms with Crippen LogP contribution < -0.4 is 10.3 Å². The van der Waals surface area contributed by atoms with E-state index in [1.165, 1.54) is 10.7 Å². The van der Waals surface area contributed by atoms with Crippen molar-refractivity contribution in [1.82, 2.24) is 9.66 Å². The van der Waals surface area contributed by atoms with Crippen LogP contribution in [0.4, 0.5) is 4.39 Å². The fourth-order valence-electron chi connectivity index (χ4n) is 3.26. The molecule has 4 rings (SSSR count). The number of aromatic nitrogens is 2. The molecule has 1 heterocycles. The summed E-state index contributed by atoms with van der Waals surface area (Å²) in [5.74, 6) is 0.953. The third kappa shape index (κ3) is 5.33. The molecule has 168 valence electrons. The van der Waals surface area contributed by atoms with Crippen LogP contribution in [0.2, 0.25) is 0 Å². The molecule has 0 aliphatic carbocycles. The van der Waals surface area contributed by atoms with E-state index in [2.05, 4.69) is 48.6 Å². The van der Waals surface area contributed by atoms with Crippen LogP contribution in [0.1, 0.15) is 36.7 Å². The monoisotopic (exact) mass is 619 g/mol. The van der Waals surface area contributed by atoms with E-state index in [0.29, 0.717) is 28.0 Å². The molecule has 0 amide bonds. The molecule has 0 saturated carbocycles. The number of rotatable bonds is 6. The molecular formula is C25H20BrFIN3O2. The summed E-state index contributed by atoms with van der Waals surface area (Å²) < 4.78 is 22.6. The van der Waals surface area contributed by atoms with Gasteiger partial charge in [-0.2, -0.15) is 9.78 Å². The van der Waals surface area contributed by atoms with Crippen molar-refractivity contribution in [3.63, 3.8) is 0 Å². The Morgan fingerprint density at radius 3 is 2.70 bits per heavy atom. The van der Waals surface area contributed by atoms with E-state index in [-0.39, 0.29) is 23.9 Å². The predicted molar refractivity (Wildman–Crippen MR) is 141 cm³/mol. The summed E-state index contributed by atoms with van der Waals surface area (Å²) >= 11 is 5.58. The summed E-state index contributed by atoms with van der Waals surface area (Å²) in [5.41, 5.74) is 1.72. The third-order valence-electron chi connectivity index (χ3n) is 4.97. The Labute approximate surface area is 212 Å². The van der Waals surface area contributed by atoms with E-state index in [1.54, 1.807) is 30.5 Å². The molecule has 0 fully saturated rings. The van der Waals surface area contributed by atoms with E-state index in [0.717, 1.165) is 13.6 Å². The van der Waals surface area contributed by atoms with E-state index < -0.39 is 0 Å². The summed E-state index contributed by atoms with van der Waals surface area (Å²) in [6.45, 7) is 4.09. The molecule has 0 saturated heterocycles. The van der Waals surface area contributed by atoms with Gasteiger partial charge in [0.1, 0.15) is 24.0 Å². The summed E-state index contributed by atoms with van der Waals surface area (Å²) in [5, 5.41) is 4.96. The van der Waals surface area contributed by atoms with E-state index in [4.69, 9.17) is 4.74 Å². The normalized spacial score (nSPS) is 11.6. The average Bonchev–Trinajstić information content (AvgIpc) is 2.79. The minimum Gasteiger partial charge on any atom is -0.488 e. The Balaban J connectivity index is 1.62. The summed E-state index contributed by atoms with van der Waals surface area (Å²) in [4.78, 5) is 17.8. The van der Waals surface area contributed by atoms with Crippen molar-refractivity contribution >= 4 is 55.6 Å². The lowest BCUT2D eigenvalue weighted by atomic mass is 10.2. The van der Waals surface area contributed by atoms with Crippen LogP contribution in [0, 0.1) is 9.39 Å². The zero-order chi connectivity index (χ0) is 23.5. The minimum absolute atomic E-state index is 0.0113. The van der Waals surface area contributed by atoms with Crippen LogP contribution in [0.15, 0.2) is 75.0 Å². The van der Waals surface area contributed by atoms with Crippen LogP contribution in [0.5, 0.6) is 5.75 Å². The van der Waals surface area contributed by atoms with Crippen LogP contribution in [0.25, 0.3) is 10.9 Å². The molecule has 0 spiro atoms. The van der Waals surface area contributed by atoms with Gasteiger partial charge in [-0.1, -0.05) is 48.0 Å². The lowest BCUT2D eigenvalue weighted by molar-refractivity contribution is 0.297. The maximum atomic E-state index is 13.8. The number of ether oxygens (including phenoxy) is 1. The van der Waals surface area contributed by atoms with Gasteiger partial charge >= 0.3 is 0 Å². The SMILES string of the molecule is CC(C)c1nc2ccc(Br)cc2c(=O)n1N=Cc1ccc(OCc2ccccc2F)c(I)c1. The number of hydrogen-bond donors (Lipinski definition) is 0. The van der Waals surface area contributed by atoms with Gasteiger partial charge < -0.3 is 4.74 Å². The predicted octanol–water partition coefficient (Wildman–Crippen LogP) is 6.49. The summed E-state index contributed by atoms with van der Waals surface area (Å²) in [7, 11) is 0. The molecule has 0 bridgehead atoms. The van der Waals surface area contributed by atoms with Gasteiger partial charge in [0.2, 0.25) is 0 Å². The van der Waals surface area contributed by atoms with E-state index in [1.807, 2.05) is 44.2 Å². The second-order valence-corrected chi connectivity index (χ2v) is 9.80. The number of benzene rings is 3. The number of halogens is 3. The highest BCUT2D eigenvalue weighted by Crippen LogP contribution is 2.23. The smallest absolute Gasteiger partial charge is 0.282 e. The Hall–Kier alpha value is -2.59. The van der Waals surface area contributed by atoms with Crippen molar-refractivity contribution in [3.05, 3.63) is 102 Å². The Bertz CT molecular complexity index is 1420. The quantitative estimate of drug-likeness (QED) is 0.183. The zero-order valence-corrected chi connectivity index (χ0v) is 21.7. The Morgan fingerprint density at radius 1 is 1.18 bits per heavy atom. The average molecular weight is 620 g/mol. The van der Waals surface area contributed by atoms with Crippen LogP contribution in [-0.2, 0) is 6.61 Å².